The number of imidazole rings is 1. The lowest BCUT2D eigenvalue weighted by molar-refractivity contribution is -0.645. The summed E-state index contributed by atoms with van der Waals surface area (Å²) < 4.78 is 14.4. The first-order chi connectivity index (χ1) is 11.6. The first-order valence-corrected chi connectivity index (χ1v) is 7.57. The number of hydrogen-bond donors (Lipinski definition) is 1. The number of amides is 1. The molecular formula is C18H20ClN3O3. The Morgan fingerprint density at radius 1 is 1.12 bits per heavy atom. The zero-order valence-electron chi connectivity index (χ0n) is 14.3. The van der Waals surface area contributed by atoms with Crippen LogP contribution >= 0.6 is 0 Å². The summed E-state index contributed by atoms with van der Waals surface area (Å²) in [5.74, 6) is 1.09. The van der Waals surface area contributed by atoms with Crippen molar-refractivity contribution in [2.75, 3.05) is 19.5 Å². The van der Waals surface area contributed by atoms with Crippen LogP contribution in [0.15, 0.2) is 48.8 Å². The minimum atomic E-state index is -0.108. The number of carbonyl (C=O) groups excluding carboxylic acids is 1. The van der Waals surface area contributed by atoms with Gasteiger partial charge in [0.25, 0.3) is 5.91 Å². The Morgan fingerprint density at radius 3 is 2.56 bits per heavy atom. The number of nitrogens with one attached hydrogen (secondary N) is 1. The van der Waals surface area contributed by atoms with Crippen molar-refractivity contribution in [2.24, 2.45) is 7.05 Å². The van der Waals surface area contributed by atoms with E-state index in [-0.39, 0.29) is 24.9 Å². The standard InChI is InChI=1S/C18H19N3O3.ClH/c1-20-12-21(15-7-5-4-6-14(15)20)11-18(22)19-13-8-9-16(23-2)17(10-13)24-3;/h4-10,12H,11H2,1-3H3;1H. The van der Waals surface area contributed by atoms with Crippen LogP contribution in [-0.4, -0.2) is 24.7 Å². The monoisotopic (exact) mass is 361 g/mol. The van der Waals surface area contributed by atoms with Crippen molar-refractivity contribution in [3.8, 4) is 11.5 Å². The fourth-order valence-corrected chi connectivity index (χ4v) is 2.73. The highest BCUT2D eigenvalue weighted by Crippen LogP contribution is 2.29. The van der Waals surface area contributed by atoms with E-state index in [9.17, 15) is 4.79 Å². The van der Waals surface area contributed by atoms with E-state index in [1.54, 1.807) is 32.4 Å². The molecular weight excluding hydrogens is 342 g/mol. The Morgan fingerprint density at radius 2 is 1.84 bits per heavy atom. The van der Waals surface area contributed by atoms with Gasteiger partial charge in [0.1, 0.15) is 0 Å². The van der Waals surface area contributed by atoms with Crippen molar-refractivity contribution >= 4 is 22.6 Å². The van der Waals surface area contributed by atoms with Gasteiger partial charge in [-0.2, -0.15) is 0 Å². The predicted molar refractivity (Wildman–Crippen MR) is 91.3 cm³/mol. The quantitative estimate of drug-likeness (QED) is 0.601. The molecule has 0 aliphatic heterocycles. The number of anilines is 1. The van der Waals surface area contributed by atoms with Gasteiger partial charge in [0.2, 0.25) is 6.33 Å². The van der Waals surface area contributed by atoms with Crippen LogP contribution in [0.1, 0.15) is 0 Å². The third kappa shape index (κ3) is 3.85. The second-order valence-corrected chi connectivity index (χ2v) is 5.46. The third-order valence-electron chi connectivity index (χ3n) is 3.86. The lowest BCUT2D eigenvalue weighted by atomic mass is 10.2. The molecule has 0 radical (unpaired) electrons. The van der Waals surface area contributed by atoms with Gasteiger partial charge in [0.05, 0.1) is 21.3 Å². The van der Waals surface area contributed by atoms with Crippen molar-refractivity contribution in [3.63, 3.8) is 0 Å². The lowest BCUT2D eigenvalue weighted by Gasteiger charge is -2.10. The molecule has 0 aliphatic rings. The van der Waals surface area contributed by atoms with E-state index < -0.39 is 0 Å². The molecule has 0 saturated carbocycles. The fourth-order valence-electron chi connectivity index (χ4n) is 2.73. The molecule has 0 bridgehead atoms. The number of para-hydroxylation sites is 2. The average Bonchev–Trinajstić information content (AvgIpc) is 2.91. The van der Waals surface area contributed by atoms with Gasteiger partial charge in [-0.25, -0.2) is 9.13 Å². The maximum absolute atomic E-state index is 12.4. The molecule has 1 heterocycles. The Hall–Kier alpha value is -2.73. The molecule has 1 aromatic heterocycles. The molecule has 1 amide bonds. The largest absolute Gasteiger partial charge is 1.00 e. The predicted octanol–water partition coefficient (Wildman–Crippen LogP) is -0.874. The van der Waals surface area contributed by atoms with Crippen LogP contribution in [0.2, 0.25) is 0 Å². The number of carbonyl (C=O) groups is 1. The molecule has 1 N–H and O–H groups in total. The van der Waals surface area contributed by atoms with Crippen LogP contribution in [0.5, 0.6) is 11.5 Å². The molecule has 0 aliphatic carbocycles. The number of methoxy groups -OCH3 is 2. The second kappa shape index (κ2) is 7.90. The molecule has 132 valence electrons. The fraction of sp³-hybridized carbons (Fsp3) is 0.222. The smallest absolute Gasteiger partial charge is 0.266 e. The van der Waals surface area contributed by atoms with Gasteiger partial charge in [-0.15, -0.1) is 0 Å². The maximum Gasteiger partial charge on any atom is 0.266 e. The summed E-state index contributed by atoms with van der Waals surface area (Å²) in [4.78, 5) is 12.4. The summed E-state index contributed by atoms with van der Waals surface area (Å²) in [6, 6.07) is 13.3. The van der Waals surface area contributed by atoms with Gasteiger partial charge in [-0.3, -0.25) is 4.79 Å². The topological polar surface area (TPSA) is 56.4 Å². The minimum Gasteiger partial charge on any atom is -1.00 e. The van der Waals surface area contributed by atoms with Crippen LogP contribution in [0.3, 0.4) is 0 Å². The van der Waals surface area contributed by atoms with Gasteiger partial charge in [-0.1, -0.05) is 12.1 Å². The van der Waals surface area contributed by atoms with Gasteiger partial charge in [0.15, 0.2) is 29.1 Å². The number of fused-ring (bicyclic) bond motifs is 1. The van der Waals surface area contributed by atoms with E-state index in [0.717, 1.165) is 11.0 Å². The van der Waals surface area contributed by atoms with E-state index in [1.807, 2.05) is 46.8 Å². The zero-order chi connectivity index (χ0) is 17.1. The normalized spacial score (nSPS) is 10.2. The van der Waals surface area contributed by atoms with Gasteiger partial charge < -0.3 is 27.2 Å². The molecule has 3 rings (SSSR count). The number of halogens is 1. The Kier molecular flexibility index (Phi) is 5.88. The van der Waals surface area contributed by atoms with Crippen LogP contribution in [0, 0.1) is 0 Å². The third-order valence-corrected chi connectivity index (χ3v) is 3.86. The summed E-state index contributed by atoms with van der Waals surface area (Å²) in [6.45, 7) is 0.232. The van der Waals surface area contributed by atoms with E-state index in [2.05, 4.69) is 5.32 Å². The number of nitrogens with zero attached hydrogens (tertiary/aromatic N) is 2. The summed E-state index contributed by atoms with van der Waals surface area (Å²) in [5.41, 5.74) is 2.76. The molecule has 25 heavy (non-hydrogen) atoms. The number of ether oxygens (including phenoxy) is 2. The van der Waals surface area contributed by atoms with Crippen LogP contribution in [0.25, 0.3) is 11.0 Å². The number of hydrogen-bond acceptors (Lipinski definition) is 3. The highest BCUT2D eigenvalue weighted by atomic mass is 35.5. The first kappa shape index (κ1) is 18.6. The van der Waals surface area contributed by atoms with Gasteiger partial charge in [0, 0.05) is 11.8 Å². The van der Waals surface area contributed by atoms with E-state index >= 15 is 0 Å². The van der Waals surface area contributed by atoms with Crippen LogP contribution in [-0.2, 0) is 18.4 Å². The van der Waals surface area contributed by atoms with E-state index in [4.69, 9.17) is 9.47 Å². The first-order valence-electron chi connectivity index (χ1n) is 7.57. The van der Waals surface area contributed by atoms with Crippen molar-refractivity contribution < 1.29 is 31.2 Å². The Balaban J connectivity index is 0.00000225. The van der Waals surface area contributed by atoms with Crippen molar-refractivity contribution in [3.05, 3.63) is 48.8 Å². The molecule has 0 saturated heterocycles. The van der Waals surface area contributed by atoms with Crippen LogP contribution < -0.4 is 31.8 Å². The summed E-state index contributed by atoms with van der Waals surface area (Å²) in [5, 5.41) is 2.89. The highest BCUT2D eigenvalue weighted by molar-refractivity contribution is 5.91. The average molecular weight is 362 g/mol. The second-order valence-electron chi connectivity index (χ2n) is 5.46. The van der Waals surface area contributed by atoms with Crippen molar-refractivity contribution in [2.45, 2.75) is 6.54 Å². The lowest BCUT2D eigenvalue weighted by Crippen LogP contribution is -3.00. The molecule has 3 aromatic rings. The van der Waals surface area contributed by atoms with E-state index in [1.165, 1.54) is 0 Å². The number of aryl methyl sites for hydroxylation is 1. The van der Waals surface area contributed by atoms with Gasteiger partial charge >= 0.3 is 0 Å². The maximum atomic E-state index is 12.4. The minimum absolute atomic E-state index is 0. The van der Waals surface area contributed by atoms with Crippen molar-refractivity contribution in [1.82, 2.24) is 4.57 Å². The molecule has 0 spiro atoms. The summed E-state index contributed by atoms with van der Waals surface area (Å²) in [7, 11) is 5.10. The van der Waals surface area contributed by atoms with Crippen LogP contribution in [0.4, 0.5) is 5.69 Å². The number of benzene rings is 2. The number of rotatable bonds is 5. The molecule has 0 fully saturated rings. The SMILES string of the molecule is COc1ccc(NC(=O)Cn2c[n+](C)c3ccccc32)cc1OC.[Cl-]. The zero-order valence-corrected chi connectivity index (χ0v) is 15.1. The molecule has 0 atom stereocenters. The molecule has 2 aromatic carbocycles. The highest BCUT2D eigenvalue weighted by Gasteiger charge is 2.16. The Bertz CT molecular complexity index is 892. The summed E-state index contributed by atoms with van der Waals surface area (Å²) in [6.07, 6.45) is 1.92. The number of aromatic nitrogens is 2. The Labute approximate surface area is 152 Å². The van der Waals surface area contributed by atoms with E-state index in [0.29, 0.717) is 17.2 Å². The molecule has 6 nitrogen and oxygen atoms in total. The van der Waals surface area contributed by atoms with Crippen molar-refractivity contribution in [1.29, 1.82) is 0 Å². The van der Waals surface area contributed by atoms with Gasteiger partial charge in [-0.05, 0) is 24.3 Å². The molecule has 0 unspecified atom stereocenters. The summed E-state index contributed by atoms with van der Waals surface area (Å²) >= 11 is 0. The molecule has 7 heteroatoms.